The predicted molar refractivity (Wildman–Crippen MR) is 63.4 cm³/mol. The zero-order valence-corrected chi connectivity index (χ0v) is 10.6. The van der Waals surface area contributed by atoms with Gasteiger partial charge in [-0.25, -0.2) is 0 Å². The number of nitrogens with zero attached hydrogens (tertiary/aromatic N) is 2. The maximum Gasteiger partial charge on any atom is 0.226 e. The maximum atomic E-state index is 6.13. The molecule has 1 aliphatic rings. The minimum absolute atomic E-state index is 0.420. The first-order valence-electron chi connectivity index (χ1n) is 6.31. The number of nitrogens with two attached hydrogens (primary N) is 1. The predicted octanol–water partition coefficient (Wildman–Crippen LogP) is 1.62. The van der Waals surface area contributed by atoms with E-state index in [-0.39, 0.29) is 0 Å². The highest BCUT2D eigenvalue weighted by Gasteiger charge is 2.30. The molecule has 0 bridgehead atoms. The van der Waals surface area contributed by atoms with Crippen molar-refractivity contribution in [2.75, 3.05) is 13.2 Å². The van der Waals surface area contributed by atoms with E-state index in [0.29, 0.717) is 24.9 Å². The van der Waals surface area contributed by atoms with E-state index in [1.165, 1.54) is 12.8 Å². The fourth-order valence-electron chi connectivity index (χ4n) is 1.63. The first-order valence-corrected chi connectivity index (χ1v) is 6.31. The summed E-state index contributed by atoms with van der Waals surface area (Å²) in [5, 5.41) is 3.96. The van der Waals surface area contributed by atoms with Gasteiger partial charge in [-0.05, 0) is 32.1 Å². The maximum absolute atomic E-state index is 6.13. The lowest BCUT2D eigenvalue weighted by molar-refractivity contribution is 0.0867. The van der Waals surface area contributed by atoms with Gasteiger partial charge in [0.1, 0.15) is 5.54 Å². The summed E-state index contributed by atoms with van der Waals surface area (Å²) in [6.45, 7) is 5.06. The summed E-state index contributed by atoms with van der Waals surface area (Å²) < 4.78 is 10.7. The van der Waals surface area contributed by atoms with Gasteiger partial charge in [-0.15, -0.1) is 0 Å². The second-order valence-corrected chi connectivity index (χ2v) is 5.13. The number of hydrogen-bond donors (Lipinski definition) is 1. The molecule has 1 unspecified atom stereocenters. The number of aromatic nitrogens is 2. The fraction of sp³-hybridized carbons (Fsp3) is 0.833. The highest BCUT2D eigenvalue weighted by Crippen LogP contribution is 2.32. The number of hydrogen-bond acceptors (Lipinski definition) is 5. The summed E-state index contributed by atoms with van der Waals surface area (Å²) in [5.41, 5.74) is 5.46. The van der Waals surface area contributed by atoms with Crippen LogP contribution in [0.1, 0.15) is 44.8 Å². The van der Waals surface area contributed by atoms with Crippen molar-refractivity contribution in [3.05, 3.63) is 11.7 Å². The summed E-state index contributed by atoms with van der Waals surface area (Å²) >= 11 is 0. The highest BCUT2D eigenvalue weighted by atomic mass is 16.5. The van der Waals surface area contributed by atoms with Crippen molar-refractivity contribution in [3.63, 3.8) is 0 Å². The Balaban J connectivity index is 1.91. The van der Waals surface area contributed by atoms with Gasteiger partial charge in [-0.3, -0.25) is 0 Å². The Morgan fingerprint density at radius 2 is 2.29 bits per heavy atom. The first kappa shape index (κ1) is 12.5. The molecule has 1 atom stereocenters. The van der Waals surface area contributed by atoms with E-state index in [9.17, 15) is 0 Å². The molecule has 0 aromatic carbocycles. The highest BCUT2D eigenvalue weighted by molar-refractivity contribution is 5.02. The Morgan fingerprint density at radius 1 is 1.53 bits per heavy atom. The van der Waals surface area contributed by atoms with Crippen LogP contribution in [0.5, 0.6) is 0 Å². The standard InChI is InChI=1S/C12H21N3O2/c1-3-6-16-8-12(2,13)11-14-10(17-15-11)7-9-4-5-9/h9H,3-8,13H2,1-2H3. The van der Waals surface area contributed by atoms with Crippen LogP contribution in [0.2, 0.25) is 0 Å². The topological polar surface area (TPSA) is 74.2 Å². The summed E-state index contributed by atoms with van der Waals surface area (Å²) in [6, 6.07) is 0. The van der Waals surface area contributed by atoms with Crippen molar-refractivity contribution in [3.8, 4) is 0 Å². The van der Waals surface area contributed by atoms with E-state index in [4.69, 9.17) is 15.0 Å². The van der Waals surface area contributed by atoms with Gasteiger partial charge in [-0.1, -0.05) is 12.1 Å². The van der Waals surface area contributed by atoms with Crippen molar-refractivity contribution < 1.29 is 9.26 Å². The lowest BCUT2D eigenvalue weighted by Crippen LogP contribution is -2.39. The Morgan fingerprint density at radius 3 is 2.94 bits per heavy atom. The Labute approximate surface area is 102 Å². The lowest BCUT2D eigenvalue weighted by Gasteiger charge is -2.19. The van der Waals surface area contributed by atoms with Gasteiger partial charge >= 0.3 is 0 Å². The van der Waals surface area contributed by atoms with Crippen LogP contribution in [0.15, 0.2) is 4.52 Å². The quantitative estimate of drug-likeness (QED) is 0.732. The van der Waals surface area contributed by atoms with E-state index in [1.54, 1.807) is 0 Å². The largest absolute Gasteiger partial charge is 0.379 e. The summed E-state index contributed by atoms with van der Waals surface area (Å²) in [6.07, 6.45) is 4.42. The van der Waals surface area contributed by atoms with Crippen LogP contribution in [-0.4, -0.2) is 23.4 Å². The molecule has 96 valence electrons. The van der Waals surface area contributed by atoms with Gasteiger partial charge in [0.2, 0.25) is 5.89 Å². The summed E-state index contributed by atoms with van der Waals surface area (Å²) in [4.78, 5) is 4.36. The van der Waals surface area contributed by atoms with Gasteiger partial charge in [-0.2, -0.15) is 4.98 Å². The number of ether oxygens (including phenoxy) is 1. The Bertz CT molecular complexity index is 358. The van der Waals surface area contributed by atoms with Crippen molar-refractivity contribution >= 4 is 0 Å². The zero-order chi connectivity index (χ0) is 12.3. The van der Waals surface area contributed by atoms with Crippen LogP contribution < -0.4 is 5.73 Å². The van der Waals surface area contributed by atoms with Crippen molar-refractivity contribution in [2.45, 2.75) is 45.1 Å². The molecular formula is C12H21N3O2. The molecule has 0 spiro atoms. The third-order valence-electron chi connectivity index (χ3n) is 2.89. The minimum Gasteiger partial charge on any atom is -0.379 e. The third kappa shape index (κ3) is 3.51. The Hall–Kier alpha value is -0.940. The molecule has 1 fully saturated rings. The van der Waals surface area contributed by atoms with E-state index < -0.39 is 5.54 Å². The molecule has 2 N–H and O–H groups in total. The van der Waals surface area contributed by atoms with Gasteiger partial charge in [0.25, 0.3) is 0 Å². The molecule has 5 nitrogen and oxygen atoms in total. The molecule has 1 heterocycles. The van der Waals surface area contributed by atoms with Crippen LogP contribution in [0.3, 0.4) is 0 Å². The molecule has 0 amide bonds. The molecule has 1 aliphatic carbocycles. The van der Waals surface area contributed by atoms with Crippen LogP contribution in [0.4, 0.5) is 0 Å². The SMILES string of the molecule is CCCOCC(C)(N)c1noc(CC2CC2)n1. The number of rotatable bonds is 7. The van der Waals surface area contributed by atoms with E-state index in [1.807, 2.05) is 6.92 Å². The smallest absolute Gasteiger partial charge is 0.226 e. The summed E-state index contributed by atoms with van der Waals surface area (Å²) in [7, 11) is 0. The van der Waals surface area contributed by atoms with Gasteiger partial charge in [0.15, 0.2) is 5.82 Å². The molecule has 2 rings (SSSR count). The molecule has 1 aromatic rings. The summed E-state index contributed by atoms with van der Waals surface area (Å²) in [5.74, 6) is 1.99. The molecule has 1 saturated carbocycles. The van der Waals surface area contributed by atoms with Crippen LogP contribution >= 0.6 is 0 Å². The molecular weight excluding hydrogens is 218 g/mol. The normalized spacial score (nSPS) is 19.2. The van der Waals surface area contributed by atoms with Gasteiger partial charge in [0, 0.05) is 13.0 Å². The average molecular weight is 239 g/mol. The van der Waals surface area contributed by atoms with E-state index in [0.717, 1.165) is 18.8 Å². The molecule has 0 aliphatic heterocycles. The second kappa shape index (κ2) is 5.14. The van der Waals surface area contributed by atoms with E-state index >= 15 is 0 Å². The Kier molecular flexibility index (Phi) is 3.79. The second-order valence-electron chi connectivity index (χ2n) is 5.13. The van der Waals surface area contributed by atoms with E-state index in [2.05, 4.69) is 17.1 Å². The van der Waals surface area contributed by atoms with Crippen molar-refractivity contribution in [1.29, 1.82) is 0 Å². The van der Waals surface area contributed by atoms with Gasteiger partial charge in [0.05, 0.1) is 6.61 Å². The van der Waals surface area contributed by atoms with Crippen LogP contribution in [-0.2, 0) is 16.7 Å². The minimum atomic E-state index is -0.666. The molecule has 17 heavy (non-hydrogen) atoms. The zero-order valence-electron chi connectivity index (χ0n) is 10.6. The first-order chi connectivity index (χ1) is 8.12. The average Bonchev–Trinajstić information content (AvgIpc) is 2.94. The molecule has 0 saturated heterocycles. The molecule has 1 aromatic heterocycles. The lowest BCUT2D eigenvalue weighted by atomic mass is 10.1. The molecule has 5 heteroatoms. The molecule has 0 radical (unpaired) electrons. The van der Waals surface area contributed by atoms with Crippen LogP contribution in [0, 0.1) is 5.92 Å². The van der Waals surface area contributed by atoms with Crippen LogP contribution in [0.25, 0.3) is 0 Å². The third-order valence-corrected chi connectivity index (χ3v) is 2.89. The van der Waals surface area contributed by atoms with Crippen molar-refractivity contribution in [2.24, 2.45) is 11.7 Å². The fourth-order valence-corrected chi connectivity index (χ4v) is 1.63. The monoisotopic (exact) mass is 239 g/mol. The van der Waals surface area contributed by atoms with Gasteiger partial charge < -0.3 is 15.0 Å². The van der Waals surface area contributed by atoms with Crippen molar-refractivity contribution in [1.82, 2.24) is 10.1 Å².